The Morgan fingerprint density at radius 3 is 2.59 bits per heavy atom. The summed E-state index contributed by atoms with van der Waals surface area (Å²) in [6, 6.07) is 14.1. The lowest BCUT2D eigenvalue weighted by Gasteiger charge is -2.14. The highest BCUT2D eigenvalue weighted by molar-refractivity contribution is 6.30. The fraction of sp³-hybridized carbons (Fsp3) is 0.300. The molecule has 27 heavy (non-hydrogen) atoms. The predicted molar refractivity (Wildman–Crippen MR) is 107 cm³/mol. The van der Waals surface area contributed by atoms with E-state index in [-0.39, 0.29) is 12.0 Å². The fourth-order valence-electron chi connectivity index (χ4n) is 2.68. The van der Waals surface area contributed by atoms with Crippen LogP contribution in [0.5, 0.6) is 5.75 Å². The Kier molecular flexibility index (Phi) is 6.68. The fourth-order valence-corrected chi connectivity index (χ4v) is 2.81. The average molecular weight is 388 g/mol. The molecule has 0 saturated carbocycles. The molecule has 0 unspecified atom stereocenters. The largest absolute Gasteiger partial charge is 0.497 e. The van der Waals surface area contributed by atoms with Gasteiger partial charge in [-0.3, -0.25) is 10.1 Å². The van der Waals surface area contributed by atoms with E-state index in [1.807, 2.05) is 24.3 Å². The smallest absolute Gasteiger partial charge is 0.257 e. The normalized spacial score (nSPS) is 16.8. The topological polar surface area (TPSA) is 71.9 Å². The average Bonchev–Trinajstić information content (AvgIpc) is 3.21. The van der Waals surface area contributed by atoms with Gasteiger partial charge in [-0.05, 0) is 61.4 Å². The number of benzene rings is 2. The second-order valence-corrected chi connectivity index (χ2v) is 6.58. The van der Waals surface area contributed by atoms with Crippen molar-refractivity contribution < 1.29 is 14.3 Å². The first-order valence-corrected chi connectivity index (χ1v) is 9.16. The molecule has 0 spiro atoms. The Balaban J connectivity index is 1.72. The summed E-state index contributed by atoms with van der Waals surface area (Å²) in [4.78, 5) is 17.0. The van der Waals surface area contributed by atoms with Crippen LogP contribution in [-0.4, -0.2) is 38.2 Å². The van der Waals surface area contributed by atoms with E-state index < -0.39 is 0 Å². The highest BCUT2D eigenvalue weighted by atomic mass is 35.5. The van der Waals surface area contributed by atoms with Gasteiger partial charge in [0.05, 0.1) is 19.8 Å². The molecule has 1 fully saturated rings. The van der Waals surface area contributed by atoms with Gasteiger partial charge >= 0.3 is 0 Å². The zero-order chi connectivity index (χ0) is 19.1. The quantitative estimate of drug-likeness (QED) is 0.605. The number of carbonyl (C=O) groups excluding carboxylic acids is 1. The molecule has 1 aliphatic rings. The minimum atomic E-state index is -0.265. The van der Waals surface area contributed by atoms with Crippen LogP contribution in [0.25, 0.3) is 0 Å². The van der Waals surface area contributed by atoms with Crippen molar-refractivity contribution in [3.05, 3.63) is 59.1 Å². The highest BCUT2D eigenvalue weighted by Gasteiger charge is 2.16. The third-order valence-electron chi connectivity index (χ3n) is 4.17. The second kappa shape index (κ2) is 9.39. The number of methoxy groups -OCH3 is 1. The molecule has 142 valence electrons. The predicted octanol–water partition coefficient (Wildman–Crippen LogP) is 3.73. The number of aliphatic imine (C=N–C) groups is 1. The van der Waals surface area contributed by atoms with Crippen molar-refractivity contribution in [1.29, 1.82) is 0 Å². The van der Waals surface area contributed by atoms with Gasteiger partial charge in [0.15, 0.2) is 0 Å². The van der Waals surface area contributed by atoms with Gasteiger partial charge in [0.25, 0.3) is 5.91 Å². The van der Waals surface area contributed by atoms with Gasteiger partial charge < -0.3 is 14.8 Å². The van der Waals surface area contributed by atoms with Crippen molar-refractivity contribution in [3.63, 3.8) is 0 Å². The molecule has 3 rings (SSSR count). The van der Waals surface area contributed by atoms with Crippen molar-refractivity contribution in [2.45, 2.75) is 18.9 Å². The van der Waals surface area contributed by atoms with Crippen molar-refractivity contribution in [3.8, 4) is 5.75 Å². The van der Waals surface area contributed by atoms with Gasteiger partial charge in [-0.2, -0.15) is 0 Å². The van der Waals surface area contributed by atoms with Crippen molar-refractivity contribution in [2.24, 2.45) is 4.99 Å². The van der Waals surface area contributed by atoms with E-state index in [9.17, 15) is 4.79 Å². The maximum absolute atomic E-state index is 12.5. The van der Waals surface area contributed by atoms with Gasteiger partial charge in [0.2, 0.25) is 5.96 Å². The Morgan fingerprint density at radius 2 is 1.96 bits per heavy atom. The van der Waals surface area contributed by atoms with Crippen LogP contribution in [0, 0.1) is 0 Å². The molecule has 0 aliphatic carbocycles. The van der Waals surface area contributed by atoms with E-state index in [1.165, 1.54) is 0 Å². The van der Waals surface area contributed by atoms with Crippen molar-refractivity contribution >= 4 is 29.2 Å². The van der Waals surface area contributed by atoms with Crippen LogP contribution in [0.1, 0.15) is 23.2 Å². The molecular formula is C20H22ClN3O3. The Bertz CT molecular complexity index is 785. The SMILES string of the molecule is COc1ccc(NC(=NC[C@@H]2CCCO2)NC(=O)c2ccc(Cl)cc2)cc1. The number of anilines is 1. The third-order valence-corrected chi connectivity index (χ3v) is 4.42. The molecule has 1 atom stereocenters. The molecule has 1 heterocycles. The number of carbonyl (C=O) groups is 1. The van der Waals surface area contributed by atoms with Gasteiger partial charge in [-0.25, -0.2) is 4.99 Å². The van der Waals surface area contributed by atoms with Crippen LogP contribution in [0.3, 0.4) is 0 Å². The van der Waals surface area contributed by atoms with Crippen LogP contribution in [0.2, 0.25) is 5.02 Å². The van der Waals surface area contributed by atoms with Gasteiger partial charge in [-0.1, -0.05) is 11.6 Å². The van der Waals surface area contributed by atoms with E-state index in [0.29, 0.717) is 23.1 Å². The van der Waals surface area contributed by atoms with Crippen LogP contribution < -0.4 is 15.4 Å². The minimum absolute atomic E-state index is 0.0881. The van der Waals surface area contributed by atoms with E-state index in [2.05, 4.69) is 15.6 Å². The lowest BCUT2D eigenvalue weighted by Crippen LogP contribution is -2.36. The van der Waals surface area contributed by atoms with E-state index in [0.717, 1.165) is 30.9 Å². The summed E-state index contributed by atoms with van der Waals surface area (Å²) >= 11 is 5.88. The summed E-state index contributed by atoms with van der Waals surface area (Å²) in [6.45, 7) is 1.25. The van der Waals surface area contributed by atoms with Crippen molar-refractivity contribution in [1.82, 2.24) is 5.32 Å². The summed E-state index contributed by atoms with van der Waals surface area (Å²) in [7, 11) is 1.61. The van der Waals surface area contributed by atoms with Crippen LogP contribution >= 0.6 is 11.6 Å². The Hall–Kier alpha value is -2.57. The monoisotopic (exact) mass is 387 g/mol. The zero-order valence-corrected chi connectivity index (χ0v) is 15.8. The minimum Gasteiger partial charge on any atom is -0.497 e. The molecule has 0 radical (unpaired) electrons. The van der Waals surface area contributed by atoms with Crippen LogP contribution in [0.15, 0.2) is 53.5 Å². The number of halogens is 1. The number of hydrogen-bond acceptors (Lipinski definition) is 4. The molecule has 0 bridgehead atoms. The van der Waals surface area contributed by atoms with E-state index in [1.54, 1.807) is 31.4 Å². The molecule has 1 amide bonds. The zero-order valence-electron chi connectivity index (χ0n) is 15.1. The molecule has 6 nitrogen and oxygen atoms in total. The standard InChI is InChI=1S/C20H22ClN3O3/c1-26-17-10-8-16(9-11-17)23-20(22-13-18-3-2-12-27-18)24-19(25)14-4-6-15(21)7-5-14/h4-11,18H,2-3,12-13H2,1H3,(H2,22,23,24,25)/t18-/m0/s1. The van der Waals surface area contributed by atoms with E-state index >= 15 is 0 Å². The summed E-state index contributed by atoms with van der Waals surface area (Å²) in [5, 5.41) is 6.55. The van der Waals surface area contributed by atoms with Crippen molar-refractivity contribution in [2.75, 3.05) is 25.6 Å². The highest BCUT2D eigenvalue weighted by Crippen LogP contribution is 2.16. The Labute approximate surface area is 163 Å². The number of nitrogens with zero attached hydrogens (tertiary/aromatic N) is 1. The number of amides is 1. The number of rotatable bonds is 5. The summed E-state index contributed by atoms with van der Waals surface area (Å²) < 4.78 is 10.8. The number of guanidine groups is 1. The maximum atomic E-state index is 12.5. The second-order valence-electron chi connectivity index (χ2n) is 6.14. The van der Waals surface area contributed by atoms with E-state index in [4.69, 9.17) is 21.1 Å². The first-order chi connectivity index (χ1) is 13.1. The van der Waals surface area contributed by atoms with Gasteiger partial charge in [0, 0.05) is 22.9 Å². The van der Waals surface area contributed by atoms with Crippen LogP contribution in [-0.2, 0) is 4.74 Å². The first kappa shape index (κ1) is 19.2. The molecule has 1 saturated heterocycles. The molecule has 2 N–H and O–H groups in total. The number of nitrogens with one attached hydrogen (secondary N) is 2. The summed E-state index contributed by atoms with van der Waals surface area (Å²) in [6.07, 6.45) is 2.10. The molecule has 7 heteroatoms. The summed E-state index contributed by atoms with van der Waals surface area (Å²) in [5.74, 6) is 0.859. The van der Waals surface area contributed by atoms with Crippen LogP contribution in [0.4, 0.5) is 5.69 Å². The molecule has 2 aromatic carbocycles. The maximum Gasteiger partial charge on any atom is 0.257 e. The molecule has 2 aromatic rings. The van der Waals surface area contributed by atoms with Gasteiger partial charge in [0.1, 0.15) is 5.75 Å². The molecule has 0 aromatic heterocycles. The lowest BCUT2D eigenvalue weighted by molar-refractivity contribution is 0.0975. The Morgan fingerprint density at radius 1 is 1.22 bits per heavy atom. The molecule has 1 aliphatic heterocycles. The summed E-state index contributed by atoms with van der Waals surface area (Å²) in [5.41, 5.74) is 1.29. The first-order valence-electron chi connectivity index (χ1n) is 8.78. The number of ether oxygens (including phenoxy) is 2. The van der Waals surface area contributed by atoms with Gasteiger partial charge in [-0.15, -0.1) is 0 Å². The lowest BCUT2D eigenvalue weighted by atomic mass is 10.2. The third kappa shape index (κ3) is 5.70. The molecular weight excluding hydrogens is 366 g/mol. The number of hydrogen-bond donors (Lipinski definition) is 2.